The molecule has 2 rings (SSSR count). The topological polar surface area (TPSA) is 36.9 Å². The summed E-state index contributed by atoms with van der Waals surface area (Å²) in [6.45, 7) is 0.113. The standard InChI is InChI=1S/C16H15FO4/c1-4-13-14(17)6-5-11-7-12(20-9-18-2)8-15(16(11)13)21-10-19-3/h1,5-8H,9-10H2,2-3H3. The van der Waals surface area contributed by atoms with Crippen LogP contribution in [0.15, 0.2) is 24.3 Å². The number of terminal acetylenes is 1. The number of methoxy groups -OCH3 is 2. The number of hydrogen-bond acceptors (Lipinski definition) is 4. The molecule has 2 aromatic rings. The van der Waals surface area contributed by atoms with E-state index < -0.39 is 5.82 Å². The molecule has 0 saturated carbocycles. The average molecular weight is 290 g/mol. The van der Waals surface area contributed by atoms with Crippen molar-refractivity contribution >= 4 is 10.8 Å². The Morgan fingerprint density at radius 1 is 1.10 bits per heavy atom. The third-order valence-electron chi connectivity index (χ3n) is 2.82. The molecule has 5 heteroatoms. The first-order valence-electron chi connectivity index (χ1n) is 6.17. The summed E-state index contributed by atoms with van der Waals surface area (Å²) in [6, 6.07) is 6.30. The number of rotatable bonds is 6. The van der Waals surface area contributed by atoms with Gasteiger partial charge in [-0.15, -0.1) is 6.42 Å². The lowest BCUT2D eigenvalue weighted by Gasteiger charge is -2.13. The Morgan fingerprint density at radius 2 is 1.81 bits per heavy atom. The number of ether oxygens (including phenoxy) is 4. The van der Waals surface area contributed by atoms with E-state index >= 15 is 0 Å². The maximum atomic E-state index is 13.8. The zero-order chi connectivity index (χ0) is 15.2. The normalized spacial score (nSPS) is 10.4. The van der Waals surface area contributed by atoms with Crippen molar-refractivity contribution in [3.05, 3.63) is 35.6 Å². The van der Waals surface area contributed by atoms with Crippen molar-refractivity contribution in [2.45, 2.75) is 0 Å². The molecule has 0 atom stereocenters. The van der Waals surface area contributed by atoms with Crippen molar-refractivity contribution in [1.29, 1.82) is 0 Å². The third-order valence-corrected chi connectivity index (χ3v) is 2.82. The van der Waals surface area contributed by atoms with Crippen molar-refractivity contribution < 1.29 is 23.3 Å². The van der Waals surface area contributed by atoms with E-state index in [0.717, 1.165) is 0 Å². The maximum Gasteiger partial charge on any atom is 0.188 e. The molecule has 0 amide bonds. The summed E-state index contributed by atoms with van der Waals surface area (Å²) in [7, 11) is 3.02. The minimum absolute atomic E-state index is 0.0172. The fourth-order valence-corrected chi connectivity index (χ4v) is 1.96. The molecule has 0 fully saturated rings. The van der Waals surface area contributed by atoms with Crippen LogP contribution in [0.4, 0.5) is 4.39 Å². The van der Waals surface area contributed by atoms with Crippen molar-refractivity contribution in [3.63, 3.8) is 0 Å². The summed E-state index contributed by atoms with van der Waals surface area (Å²) in [5.41, 5.74) is 0.150. The minimum atomic E-state index is -0.474. The lowest BCUT2D eigenvalue weighted by molar-refractivity contribution is 0.0468. The molecule has 0 bridgehead atoms. The summed E-state index contributed by atoms with van der Waals surface area (Å²) in [5, 5.41) is 1.23. The van der Waals surface area contributed by atoms with E-state index in [9.17, 15) is 4.39 Å². The van der Waals surface area contributed by atoms with E-state index in [2.05, 4.69) is 5.92 Å². The molecule has 0 heterocycles. The van der Waals surface area contributed by atoms with E-state index in [1.54, 1.807) is 18.2 Å². The first kappa shape index (κ1) is 15.1. The van der Waals surface area contributed by atoms with Gasteiger partial charge >= 0.3 is 0 Å². The van der Waals surface area contributed by atoms with Gasteiger partial charge in [0.25, 0.3) is 0 Å². The Balaban J connectivity index is 2.60. The van der Waals surface area contributed by atoms with E-state index in [0.29, 0.717) is 22.3 Å². The van der Waals surface area contributed by atoms with Gasteiger partial charge in [0, 0.05) is 25.7 Å². The monoisotopic (exact) mass is 290 g/mol. The lowest BCUT2D eigenvalue weighted by atomic mass is 10.0. The second-order valence-electron chi connectivity index (χ2n) is 4.19. The van der Waals surface area contributed by atoms with Crippen molar-refractivity contribution in [2.24, 2.45) is 0 Å². The van der Waals surface area contributed by atoms with Crippen LogP contribution in [0.3, 0.4) is 0 Å². The molecule has 0 aliphatic carbocycles. The molecule has 21 heavy (non-hydrogen) atoms. The largest absolute Gasteiger partial charge is 0.467 e. The Labute approximate surface area is 122 Å². The average Bonchev–Trinajstić information content (AvgIpc) is 2.50. The fourth-order valence-electron chi connectivity index (χ4n) is 1.96. The lowest BCUT2D eigenvalue weighted by Crippen LogP contribution is -2.03. The molecule has 0 aliphatic heterocycles. The number of benzene rings is 2. The van der Waals surface area contributed by atoms with Gasteiger partial charge in [-0.05, 0) is 17.5 Å². The predicted octanol–water partition coefficient (Wildman–Crippen LogP) is 2.93. The zero-order valence-corrected chi connectivity index (χ0v) is 11.8. The van der Waals surface area contributed by atoms with Crippen LogP contribution in [0.25, 0.3) is 10.8 Å². The van der Waals surface area contributed by atoms with Gasteiger partial charge in [0.2, 0.25) is 0 Å². The van der Waals surface area contributed by atoms with E-state index in [1.807, 2.05) is 0 Å². The summed E-state index contributed by atoms with van der Waals surface area (Å²) in [4.78, 5) is 0. The molecular weight excluding hydrogens is 275 g/mol. The van der Waals surface area contributed by atoms with E-state index in [-0.39, 0.29) is 19.1 Å². The smallest absolute Gasteiger partial charge is 0.188 e. The molecule has 0 N–H and O–H groups in total. The first-order chi connectivity index (χ1) is 10.2. The van der Waals surface area contributed by atoms with Crippen LogP contribution in [0, 0.1) is 18.2 Å². The Kier molecular flexibility index (Phi) is 4.99. The van der Waals surface area contributed by atoms with Crippen LogP contribution < -0.4 is 9.47 Å². The number of hydrogen-bond donors (Lipinski definition) is 0. The molecule has 2 aromatic carbocycles. The molecule has 0 unspecified atom stereocenters. The van der Waals surface area contributed by atoms with E-state index in [1.165, 1.54) is 20.3 Å². The van der Waals surface area contributed by atoms with Crippen LogP contribution in [0.1, 0.15) is 5.56 Å². The van der Waals surface area contributed by atoms with Gasteiger partial charge in [0.05, 0.1) is 5.56 Å². The molecule has 0 radical (unpaired) electrons. The number of fused-ring (bicyclic) bond motifs is 1. The zero-order valence-electron chi connectivity index (χ0n) is 11.8. The van der Waals surface area contributed by atoms with Crippen LogP contribution in [-0.4, -0.2) is 27.8 Å². The van der Waals surface area contributed by atoms with Crippen molar-refractivity contribution in [3.8, 4) is 23.8 Å². The quantitative estimate of drug-likeness (QED) is 0.605. The van der Waals surface area contributed by atoms with Gasteiger partial charge in [0.15, 0.2) is 13.6 Å². The molecule has 0 aliphatic rings. The summed E-state index contributed by atoms with van der Waals surface area (Å²) in [6.07, 6.45) is 5.40. The van der Waals surface area contributed by atoms with Gasteiger partial charge in [-0.3, -0.25) is 0 Å². The van der Waals surface area contributed by atoms with Gasteiger partial charge in [-0.25, -0.2) is 4.39 Å². The third kappa shape index (κ3) is 3.24. The summed E-state index contributed by atoms with van der Waals surface area (Å²) >= 11 is 0. The molecule has 0 aromatic heterocycles. The van der Waals surface area contributed by atoms with Gasteiger partial charge in [-0.2, -0.15) is 0 Å². The van der Waals surface area contributed by atoms with Gasteiger partial charge < -0.3 is 18.9 Å². The van der Waals surface area contributed by atoms with Crippen molar-refractivity contribution in [1.82, 2.24) is 0 Å². The minimum Gasteiger partial charge on any atom is -0.467 e. The second-order valence-corrected chi connectivity index (χ2v) is 4.19. The molecule has 0 saturated heterocycles. The van der Waals surface area contributed by atoms with Crippen LogP contribution >= 0.6 is 0 Å². The highest BCUT2D eigenvalue weighted by molar-refractivity contribution is 5.94. The predicted molar refractivity (Wildman–Crippen MR) is 76.8 cm³/mol. The highest BCUT2D eigenvalue weighted by Gasteiger charge is 2.13. The summed E-state index contributed by atoms with van der Waals surface area (Å²) < 4.78 is 34.5. The Morgan fingerprint density at radius 3 is 2.48 bits per heavy atom. The van der Waals surface area contributed by atoms with Crippen LogP contribution in [0.2, 0.25) is 0 Å². The fraction of sp³-hybridized carbons (Fsp3) is 0.250. The Hall–Kier alpha value is -2.29. The van der Waals surface area contributed by atoms with Gasteiger partial charge in [0.1, 0.15) is 17.3 Å². The Bertz CT molecular complexity index is 676. The highest BCUT2D eigenvalue weighted by atomic mass is 19.1. The molecule has 110 valence electrons. The molecule has 0 spiro atoms. The molecule has 4 nitrogen and oxygen atoms in total. The number of halogens is 1. The van der Waals surface area contributed by atoms with Crippen molar-refractivity contribution in [2.75, 3.05) is 27.8 Å². The second kappa shape index (κ2) is 6.93. The molecular formula is C16H15FO4. The van der Waals surface area contributed by atoms with Crippen LogP contribution in [-0.2, 0) is 9.47 Å². The highest BCUT2D eigenvalue weighted by Crippen LogP contribution is 2.34. The van der Waals surface area contributed by atoms with Gasteiger partial charge in [-0.1, -0.05) is 12.0 Å². The first-order valence-corrected chi connectivity index (χ1v) is 6.17. The maximum absolute atomic E-state index is 13.8. The SMILES string of the molecule is C#Cc1c(F)ccc2cc(OCOC)cc(OCOC)c12. The van der Waals surface area contributed by atoms with Crippen LogP contribution in [0.5, 0.6) is 11.5 Å². The van der Waals surface area contributed by atoms with E-state index in [4.69, 9.17) is 25.4 Å². The summed E-state index contributed by atoms with van der Waals surface area (Å²) in [5.74, 6) is 2.81.